The quantitative estimate of drug-likeness (QED) is 0.307. The number of aromatic amines is 1. The monoisotopic (exact) mass is 494 g/mol. The van der Waals surface area contributed by atoms with Crippen LogP contribution in [-0.2, 0) is 11.0 Å². The molecule has 2 N–H and O–H groups in total. The first kappa shape index (κ1) is 23.7. The zero-order valence-corrected chi connectivity index (χ0v) is 18.4. The number of nitrogens with zero attached hydrogens (tertiary/aromatic N) is 4. The molecule has 7 nitrogen and oxygen atoms in total. The Hall–Kier alpha value is -3.47. The van der Waals surface area contributed by atoms with Crippen LogP contribution in [0.25, 0.3) is 11.3 Å². The molecule has 12 heteroatoms. The first-order chi connectivity index (χ1) is 16.2. The van der Waals surface area contributed by atoms with Crippen molar-refractivity contribution in [1.82, 2.24) is 20.6 Å². The van der Waals surface area contributed by atoms with Gasteiger partial charge in [-0.15, -0.1) is 0 Å². The first-order valence-electron chi connectivity index (χ1n) is 10.3. The van der Waals surface area contributed by atoms with Gasteiger partial charge in [0.25, 0.3) is 0 Å². The van der Waals surface area contributed by atoms with Crippen molar-refractivity contribution in [2.24, 2.45) is 11.0 Å². The molecular formula is C22H19ClF4N6O. The molecule has 34 heavy (non-hydrogen) atoms. The third kappa shape index (κ3) is 5.36. The molecule has 0 atom stereocenters. The maximum atomic E-state index is 13.1. The number of carbonyl (C=O) groups excluding carboxylic acids is 1. The van der Waals surface area contributed by atoms with E-state index in [1.807, 2.05) is 0 Å². The number of benzene rings is 1. The molecular weight excluding hydrogens is 476 g/mol. The fourth-order valence-electron chi connectivity index (χ4n) is 3.67. The van der Waals surface area contributed by atoms with Crippen LogP contribution in [0.1, 0.15) is 24.0 Å². The summed E-state index contributed by atoms with van der Waals surface area (Å²) in [6.45, 7) is 0.826. The maximum Gasteiger partial charge on any atom is 0.417 e. The van der Waals surface area contributed by atoms with Crippen LogP contribution in [0, 0.1) is 11.7 Å². The predicted molar refractivity (Wildman–Crippen MR) is 119 cm³/mol. The normalized spacial score (nSPS) is 15.1. The van der Waals surface area contributed by atoms with Gasteiger partial charge >= 0.3 is 6.18 Å². The summed E-state index contributed by atoms with van der Waals surface area (Å²) in [4.78, 5) is 18.1. The highest BCUT2D eigenvalue weighted by Crippen LogP contribution is 2.34. The lowest BCUT2D eigenvalue weighted by atomic mass is 9.96. The zero-order chi connectivity index (χ0) is 24.3. The van der Waals surface area contributed by atoms with Crippen molar-refractivity contribution in [3.05, 3.63) is 64.7 Å². The van der Waals surface area contributed by atoms with Crippen molar-refractivity contribution in [3.63, 3.8) is 0 Å². The van der Waals surface area contributed by atoms with E-state index in [2.05, 4.69) is 25.7 Å². The summed E-state index contributed by atoms with van der Waals surface area (Å²) >= 11 is 6.02. The molecule has 4 rings (SSSR count). The summed E-state index contributed by atoms with van der Waals surface area (Å²) in [6, 6.07) is 6.72. The topological polar surface area (TPSA) is 86.3 Å². The number of alkyl halides is 3. The summed E-state index contributed by atoms with van der Waals surface area (Å²) in [5.41, 5.74) is 3.57. The van der Waals surface area contributed by atoms with Crippen LogP contribution < -0.4 is 10.3 Å². The van der Waals surface area contributed by atoms with E-state index in [0.717, 1.165) is 17.8 Å². The molecule has 1 saturated heterocycles. The van der Waals surface area contributed by atoms with Gasteiger partial charge in [-0.2, -0.15) is 23.4 Å². The molecule has 3 aromatic rings. The van der Waals surface area contributed by atoms with E-state index in [1.54, 1.807) is 17.0 Å². The number of halogens is 5. The van der Waals surface area contributed by atoms with Crippen molar-refractivity contribution < 1.29 is 22.4 Å². The van der Waals surface area contributed by atoms with Gasteiger partial charge in [0.15, 0.2) is 0 Å². The molecule has 0 bridgehead atoms. The van der Waals surface area contributed by atoms with Crippen LogP contribution in [0.15, 0.2) is 47.8 Å². The van der Waals surface area contributed by atoms with Gasteiger partial charge < -0.3 is 4.90 Å². The number of carbonyl (C=O) groups is 1. The van der Waals surface area contributed by atoms with E-state index in [1.165, 1.54) is 24.5 Å². The highest BCUT2D eigenvalue weighted by molar-refractivity contribution is 6.33. The van der Waals surface area contributed by atoms with Gasteiger partial charge in [0, 0.05) is 36.3 Å². The van der Waals surface area contributed by atoms with E-state index in [-0.39, 0.29) is 28.5 Å². The Morgan fingerprint density at radius 3 is 2.56 bits per heavy atom. The average molecular weight is 495 g/mol. The molecule has 1 aromatic carbocycles. The van der Waals surface area contributed by atoms with Crippen LogP contribution in [0.4, 0.5) is 23.4 Å². The highest BCUT2D eigenvalue weighted by atomic mass is 35.5. The zero-order valence-electron chi connectivity index (χ0n) is 17.6. The van der Waals surface area contributed by atoms with Gasteiger partial charge in [0.05, 0.1) is 28.7 Å². The number of nitrogens with one attached hydrogen (secondary N) is 2. The molecule has 1 fully saturated rings. The SMILES string of the molecule is O=C(NN=Cc1cn[nH]c1-c1ccc(F)cc1)C1CCN(c2ncc(C(F)(F)F)cc2Cl)CC1. The molecule has 0 radical (unpaired) electrons. The van der Waals surface area contributed by atoms with Crippen molar-refractivity contribution in [2.75, 3.05) is 18.0 Å². The average Bonchev–Trinajstić information content (AvgIpc) is 3.27. The molecule has 1 amide bonds. The molecule has 1 aliphatic heterocycles. The van der Waals surface area contributed by atoms with Crippen molar-refractivity contribution >= 4 is 29.5 Å². The number of H-pyrrole nitrogens is 1. The number of piperidine rings is 1. The van der Waals surface area contributed by atoms with Crippen LogP contribution >= 0.6 is 11.6 Å². The van der Waals surface area contributed by atoms with E-state index in [0.29, 0.717) is 37.2 Å². The Bertz CT molecular complexity index is 1190. The molecule has 0 saturated carbocycles. The van der Waals surface area contributed by atoms with E-state index in [4.69, 9.17) is 11.6 Å². The number of rotatable bonds is 5. The molecule has 2 aromatic heterocycles. The van der Waals surface area contributed by atoms with Crippen LogP contribution in [-0.4, -0.2) is 40.4 Å². The van der Waals surface area contributed by atoms with Crippen molar-refractivity contribution in [1.29, 1.82) is 0 Å². The Balaban J connectivity index is 1.32. The van der Waals surface area contributed by atoms with Gasteiger partial charge in [0.1, 0.15) is 11.6 Å². The van der Waals surface area contributed by atoms with Crippen molar-refractivity contribution in [3.8, 4) is 11.3 Å². The number of aromatic nitrogens is 3. The highest BCUT2D eigenvalue weighted by Gasteiger charge is 2.33. The summed E-state index contributed by atoms with van der Waals surface area (Å²) in [7, 11) is 0. The van der Waals surface area contributed by atoms with Gasteiger partial charge in [0.2, 0.25) is 5.91 Å². The van der Waals surface area contributed by atoms with Crippen molar-refractivity contribution in [2.45, 2.75) is 19.0 Å². The molecule has 0 unspecified atom stereocenters. The second kappa shape index (κ2) is 9.80. The maximum absolute atomic E-state index is 13.1. The molecule has 3 heterocycles. The van der Waals surface area contributed by atoms with Crippen LogP contribution in [0.5, 0.6) is 0 Å². The third-order valence-electron chi connectivity index (χ3n) is 5.49. The Morgan fingerprint density at radius 1 is 1.21 bits per heavy atom. The number of hydrogen-bond acceptors (Lipinski definition) is 5. The second-order valence-electron chi connectivity index (χ2n) is 7.73. The standard InChI is InChI=1S/C22H19ClF4N6O/c23-18-9-16(22(25,26)27)12-28-20(18)33-7-5-14(6-8-33)21(34)32-30-11-15-10-29-31-19(15)13-1-3-17(24)4-2-13/h1-4,9-12,14H,5-8H2,(H,29,31)(H,32,34). The lowest BCUT2D eigenvalue weighted by Gasteiger charge is -2.32. The van der Waals surface area contributed by atoms with E-state index in [9.17, 15) is 22.4 Å². The number of amides is 1. The molecule has 0 aliphatic carbocycles. The number of hydrazone groups is 1. The summed E-state index contributed by atoms with van der Waals surface area (Å²) in [5.74, 6) is -0.676. The summed E-state index contributed by atoms with van der Waals surface area (Å²) < 4.78 is 51.6. The largest absolute Gasteiger partial charge is 0.417 e. The first-order valence-corrected chi connectivity index (χ1v) is 10.7. The fourth-order valence-corrected chi connectivity index (χ4v) is 3.96. The minimum Gasteiger partial charge on any atom is -0.355 e. The van der Waals surface area contributed by atoms with Gasteiger partial charge in [-0.25, -0.2) is 14.8 Å². The molecule has 178 valence electrons. The lowest BCUT2D eigenvalue weighted by molar-refractivity contribution is -0.137. The van der Waals surface area contributed by atoms with E-state index < -0.39 is 11.7 Å². The lowest BCUT2D eigenvalue weighted by Crippen LogP contribution is -2.39. The fraction of sp³-hybridized carbons (Fsp3) is 0.273. The smallest absolute Gasteiger partial charge is 0.355 e. The third-order valence-corrected chi connectivity index (χ3v) is 5.77. The Kier molecular flexibility index (Phi) is 6.82. The minimum atomic E-state index is -4.52. The molecule has 1 aliphatic rings. The number of pyridine rings is 1. The second-order valence-corrected chi connectivity index (χ2v) is 8.14. The van der Waals surface area contributed by atoms with Gasteiger partial charge in [-0.3, -0.25) is 9.89 Å². The Labute approximate surface area is 196 Å². The van der Waals surface area contributed by atoms with Crippen LogP contribution in [0.2, 0.25) is 5.02 Å². The minimum absolute atomic E-state index is 0.0839. The van der Waals surface area contributed by atoms with E-state index >= 15 is 0 Å². The molecule has 0 spiro atoms. The predicted octanol–water partition coefficient (Wildman–Crippen LogP) is 4.65. The summed E-state index contributed by atoms with van der Waals surface area (Å²) in [5, 5.41) is 10.7. The van der Waals surface area contributed by atoms with Gasteiger partial charge in [-0.05, 0) is 43.2 Å². The number of anilines is 1. The van der Waals surface area contributed by atoms with Gasteiger partial charge in [-0.1, -0.05) is 11.6 Å². The summed E-state index contributed by atoms with van der Waals surface area (Å²) in [6.07, 6.45) is 0.149. The number of hydrogen-bond donors (Lipinski definition) is 2. The van der Waals surface area contributed by atoms with Crippen LogP contribution in [0.3, 0.4) is 0 Å². The Morgan fingerprint density at radius 2 is 1.91 bits per heavy atom.